The summed E-state index contributed by atoms with van der Waals surface area (Å²) in [5.41, 5.74) is 5.78. The van der Waals surface area contributed by atoms with Crippen LogP contribution in [0.2, 0.25) is 5.02 Å². The summed E-state index contributed by atoms with van der Waals surface area (Å²) < 4.78 is 13.6. The smallest absolute Gasteiger partial charge is 0.335 e. The average molecular weight is 607 g/mol. The normalized spacial score (nSPS) is 16.6. The van der Waals surface area contributed by atoms with E-state index in [-0.39, 0.29) is 28.4 Å². The van der Waals surface area contributed by atoms with E-state index in [1.54, 1.807) is 12.1 Å². The van der Waals surface area contributed by atoms with Crippen LogP contribution in [0.25, 0.3) is 17.7 Å². The van der Waals surface area contributed by atoms with Crippen LogP contribution < -0.4 is 10.4 Å². The molecule has 7 rings (SSSR count). The fraction of sp³-hybridized carbons (Fsp3) is 0.211. The van der Waals surface area contributed by atoms with Gasteiger partial charge in [-0.2, -0.15) is 0 Å². The summed E-state index contributed by atoms with van der Waals surface area (Å²) >= 11 is 6.37. The van der Waals surface area contributed by atoms with Gasteiger partial charge in [-0.3, -0.25) is 0 Å². The van der Waals surface area contributed by atoms with E-state index in [0.717, 1.165) is 23.4 Å². The van der Waals surface area contributed by atoms with Gasteiger partial charge in [-0.1, -0.05) is 66.2 Å². The van der Waals surface area contributed by atoms with E-state index in [9.17, 15) is 14.0 Å². The summed E-state index contributed by atoms with van der Waals surface area (Å²) in [5.74, 6) is -1.62. The lowest BCUT2D eigenvalue weighted by atomic mass is 9.81. The maximum absolute atomic E-state index is 13.6. The number of hydrogen-bond donors (Lipinski definition) is 2. The molecule has 0 amide bonds. The number of carboxylic acids is 2. The Labute approximate surface area is 259 Å². The van der Waals surface area contributed by atoms with Crippen molar-refractivity contribution in [3.05, 3.63) is 144 Å². The predicted octanol–water partition coefficient (Wildman–Crippen LogP) is 7.65. The number of rotatable bonds is 5. The summed E-state index contributed by atoms with van der Waals surface area (Å²) in [7, 11) is 0. The lowest BCUT2D eigenvalue weighted by Gasteiger charge is -2.23. The third kappa shape index (κ3) is 5.97. The van der Waals surface area contributed by atoms with Gasteiger partial charge in [0.15, 0.2) is 0 Å². The Kier molecular flexibility index (Phi) is 8.24. The maximum Gasteiger partial charge on any atom is 0.335 e. The van der Waals surface area contributed by atoms with Gasteiger partial charge in [0.05, 0.1) is 11.1 Å². The number of carbonyl (C=O) groups is 2. The van der Waals surface area contributed by atoms with Gasteiger partial charge < -0.3 is 10.2 Å². The van der Waals surface area contributed by atoms with Crippen LogP contribution in [-0.2, 0) is 6.42 Å². The zero-order valence-corrected chi connectivity index (χ0v) is 25.1. The van der Waals surface area contributed by atoms with Crippen molar-refractivity contribution < 1.29 is 24.2 Å². The molecule has 0 saturated heterocycles. The number of allylic oxidation sites excluding steroid dienone is 2. The molecular weight excluding hydrogens is 575 g/mol. The molecule has 1 unspecified atom stereocenters. The molecule has 3 aliphatic rings. The molecule has 44 heavy (non-hydrogen) atoms. The Balaban J connectivity index is 0.000000223. The Morgan fingerprint density at radius 3 is 2.23 bits per heavy atom. The minimum absolute atomic E-state index is 0.0277. The zero-order valence-electron chi connectivity index (χ0n) is 24.3. The molecule has 222 valence electrons. The standard InChI is InChI=1S/C29H24ClF.C9H8O4/c30-23-10-14-25-21(16-23)15-22(29-26-4-2-1-3-18(26)9-13-27(25)29)17-28(19-5-6-19)20-7-11-24(31)12-8-20;1-5-6(8(10)11)3-2-4-7(5)9(12)13/h3,7-17,19,22H,1-2,4-6H2;2-4H,1H3,(H,10,11)(H,12,13)/b28-17+;. The van der Waals surface area contributed by atoms with Gasteiger partial charge in [-0.25, -0.2) is 14.0 Å². The van der Waals surface area contributed by atoms with Crippen LogP contribution in [0.3, 0.4) is 0 Å². The molecule has 1 fully saturated rings. The van der Waals surface area contributed by atoms with E-state index < -0.39 is 11.9 Å². The van der Waals surface area contributed by atoms with Crippen LogP contribution in [0, 0.1) is 29.1 Å². The summed E-state index contributed by atoms with van der Waals surface area (Å²) in [4.78, 5) is 21.2. The molecule has 0 aromatic heterocycles. The van der Waals surface area contributed by atoms with E-state index in [4.69, 9.17) is 21.8 Å². The Morgan fingerprint density at radius 2 is 1.57 bits per heavy atom. The molecule has 0 heterocycles. The second kappa shape index (κ2) is 12.3. The lowest BCUT2D eigenvalue weighted by molar-refractivity contribution is 0.0696. The number of benzene rings is 4. The van der Waals surface area contributed by atoms with Crippen molar-refractivity contribution in [2.45, 2.75) is 44.9 Å². The molecular formula is C38H32ClFO4. The molecule has 0 spiro atoms. The fourth-order valence-corrected chi connectivity index (χ4v) is 6.61. The van der Waals surface area contributed by atoms with Gasteiger partial charge >= 0.3 is 11.9 Å². The zero-order chi connectivity index (χ0) is 31.0. The largest absolute Gasteiger partial charge is 0.478 e. The van der Waals surface area contributed by atoms with E-state index >= 15 is 0 Å². The van der Waals surface area contributed by atoms with Crippen LogP contribution >= 0.6 is 11.6 Å². The van der Waals surface area contributed by atoms with Crippen molar-refractivity contribution >= 4 is 41.3 Å². The summed E-state index contributed by atoms with van der Waals surface area (Å²) in [6.45, 7) is 1.48. The van der Waals surface area contributed by atoms with E-state index in [1.807, 2.05) is 18.2 Å². The molecule has 0 aliphatic heterocycles. The number of fused-ring (bicyclic) bond motifs is 4. The highest BCUT2D eigenvalue weighted by Gasteiger charge is 2.29. The number of carboxylic acid groups (broad SMARTS) is 2. The second-order valence-electron chi connectivity index (χ2n) is 11.6. The van der Waals surface area contributed by atoms with E-state index in [0.29, 0.717) is 5.92 Å². The minimum Gasteiger partial charge on any atom is -0.478 e. The average Bonchev–Trinajstić information content (AvgIpc) is 3.85. The third-order valence-corrected chi connectivity index (χ3v) is 8.97. The van der Waals surface area contributed by atoms with Gasteiger partial charge in [0.1, 0.15) is 5.82 Å². The first kappa shape index (κ1) is 29.6. The Bertz CT molecular complexity index is 2010. The predicted molar refractivity (Wildman–Crippen MR) is 172 cm³/mol. The van der Waals surface area contributed by atoms with Crippen LogP contribution in [0.1, 0.15) is 74.6 Å². The SMILES string of the molecule is Cc1c(C(=O)O)cccc1C(=O)O.Fc1ccc(/C(=C/C2C=c3cc(Cl)ccc3=c3ccc4c(c32)CCCC=4)C2CC2)cc1. The van der Waals surface area contributed by atoms with Crippen LogP contribution in [-0.4, -0.2) is 22.2 Å². The first-order chi connectivity index (χ1) is 21.2. The molecule has 3 aliphatic carbocycles. The minimum atomic E-state index is -1.11. The molecule has 6 heteroatoms. The highest BCUT2D eigenvalue weighted by molar-refractivity contribution is 6.30. The van der Waals surface area contributed by atoms with Crippen LogP contribution in [0.4, 0.5) is 4.39 Å². The molecule has 4 aromatic carbocycles. The Morgan fingerprint density at radius 1 is 0.886 bits per heavy atom. The van der Waals surface area contributed by atoms with Crippen LogP contribution in [0.15, 0.2) is 78.9 Å². The van der Waals surface area contributed by atoms with E-state index in [1.165, 1.54) is 82.0 Å². The van der Waals surface area contributed by atoms with Crippen molar-refractivity contribution in [1.29, 1.82) is 0 Å². The van der Waals surface area contributed by atoms with Crippen molar-refractivity contribution in [3.63, 3.8) is 0 Å². The number of halogens is 2. The summed E-state index contributed by atoms with van der Waals surface area (Å²) in [5, 5.41) is 23.3. The Hall–Kier alpha value is -4.48. The van der Waals surface area contributed by atoms with Gasteiger partial charge in [0.25, 0.3) is 0 Å². The van der Waals surface area contributed by atoms with Gasteiger partial charge in [0.2, 0.25) is 0 Å². The van der Waals surface area contributed by atoms with Crippen molar-refractivity contribution in [3.8, 4) is 0 Å². The molecule has 0 radical (unpaired) electrons. The molecule has 2 N–H and O–H groups in total. The second-order valence-corrected chi connectivity index (χ2v) is 12.0. The summed E-state index contributed by atoms with van der Waals surface area (Å²) in [6, 6.07) is 22.0. The molecule has 4 nitrogen and oxygen atoms in total. The summed E-state index contributed by atoms with van der Waals surface area (Å²) in [6.07, 6.45) is 13.1. The molecule has 1 atom stereocenters. The topological polar surface area (TPSA) is 74.6 Å². The highest BCUT2D eigenvalue weighted by atomic mass is 35.5. The monoisotopic (exact) mass is 606 g/mol. The molecule has 0 bridgehead atoms. The molecule has 4 aromatic rings. The number of hydrogen-bond acceptors (Lipinski definition) is 2. The first-order valence-corrected chi connectivity index (χ1v) is 15.3. The van der Waals surface area contributed by atoms with Gasteiger partial charge in [-0.05, 0) is 130 Å². The molecule has 1 saturated carbocycles. The first-order valence-electron chi connectivity index (χ1n) is 14.9. The van der Waals surface area contributed by atoms with Crippen LogP contribution in [0.5, 0.6) is 0 Å². The third-order valence-electron chi connectivity index (χ3n) is 8.73. The van der Waals surface area contributed by atoms with Crippen molar-refractivity contribution in [1.82, 2.24) is 0 Å². The van der Waals surface area contributed by atoms with Gasteiger partial charge in [-0.15, -0.1) is 0 Å². The highest BCUT2D eigenvalue weighted by Crippen LogP contribution is 2.44. The fourth-order valence-electron chi connectivity index (χ4n) is 6.43. The van der Waals surface area contributed by atoms with Gasteiger partial charge in [0, 0.05) is 10.9 Å². The van der Waals surface area contributed by atoms with Crippen molar-refractivity contribution in [2.75, 3.05) is 0 Å². The lowest BCUT2D eigenvalue weighted by Crippen LogP contribution is -2.22. The quantitative estimate of drug-likeness (QED) is 0.245. The van der Waals surface area contributed by atoms with Crippen molar-refractivity contribution in [2.24, 2.45) is 5.92 Å². The number of aromatic carboxylic acids is 2. The maximum atomic E-state index is 13.6. The van der Waals surface area contributed by atoms with E-state index in [2.05, 4.69) is 42.5 Å².